The van der Waals surface area contributed by atoms with Crippen molar-refractivity contribution in [3.63, 3.8) is 0 Å². The second-order valence-electron chi connectivity index (χ2n) is 17.1. The van der Waals surface area contributed by atoms with Crippen LogP contribution in [-0.2, 0) is 9.47 Å². The first-order chi connectivity index (χ1) is 26.6. The zero-order chi connectivity index (χ0) is 38.0. The maximum atomic E-state index is 17.2. The Morgan fingerprint density at radius 1 is 0.927 bits per heavy atom. The number of aliphatic hydroxyl groups is 1. The number of rotatable bonds is 7. The number of ether oxygens (including phenoxy) is 4. The number of phenolic OH excluding ortho intramolecular Hbond substituents is 1. The molecular formula is C42H51F2N5O6. The van der Waals surface area contributed by atoms with Gasteiger partial charge in [-0.05, 0) is 100 Å². The van der Waals surface area contributed by atoms with E-state index in [1.807, 2.05) is 4.90 Å². The Balaban J connectivity index is 1.11. The molecular weight excluding hydrogens is 708 g/mol. The molecule has 9 rings (SSSR count). The van der Waals surface area contributed by atoms with Crippen molar-refractivity contribution in [1.29, 1.82) is 0 Å². The van der Waals surface area contributed by atoms with Gasteiger partial charge in [0.25, 0.3) is 0 Å². The van der Waals surface area contributed by atoms with Crippen molar-refractivity contribution in [2.45, 2.75) is 88.8 Å². The molecule has 5 aliphatic rings. The molecule has 1 spiro atoms. The van der Waals surface area contributed by atoms with Gasteiger partial charge in [0.05, 0.1) is 40.1 Å². The van der Waals surface area contributed by atoms with E-state index in [4.69, 9.17) is 28.9 Å². The summed E-state index contributed by atoms with van der Waals surface area (Å²) in [5.74, 6) is -1.27. The monoisotopic (exact) mass is 759 g/mol. The van der Waals surface area contributed by atoms with Crippen molar-refractivity contribution in [2.75, 3.05) is 64.7 Å². The number of hydrogen-bond donors (Lipinski definition) is 2. The largest absolute Gasteiger partial charge is 0.508 e. The minimum atomic E-state index is -1.23. The van der Waals surface area contributed by atoms with Gasteiger partial charge in [-0.1, -0.05) is 18.6 Å². The second-order valence-corrected chi connectivity index (χ2v) is 17.1. The first kappa shape index (κ1) is 36.7. The quantitative estimate of drug-likeness (QED) is 0.207. The molecule has 13 heteroatoms. The Kier molecular flexibility index (Phi) is 9.50. The Labute approximate surface area is 319 Å². The van der Waals surface area contributed by atoms with E-state index in [1.165, 1.54) is 63.5 Å². The van der Waals surface area contributed by atoms with Gasteiger partial charge in [0, 0.05) is 41.6 Å². The number of methoxy groups -OCH3 is 1. The number of nitrogens with zero attached hydrogens (tertiary/aromatic N) is 5. The van der Waals surface area contributed by atoms with Crippen molar-refractivity contribution in [3.8, 4) is 28.9 Å². The summed E-state index contributed by atoms with van der Waals surface area (Å²) < 4.78 is 56.6. The Morgan fingerprint density at radius 3 is 2.55 bits per heavy atom. The summed E-state index contributed by atoms with van der Waals surface area (Å²) >= 11 is 0. The molecule has 2 aliphatic carbocycles. The van der Waals surface area contributed by atoms with E-state index in [-0.39, 0.29) is 63.8 Å². The van der Waals surface area contributed by atoms with Gasteiger partial charge >= 0.3 is 6.01 Å². The molecule has 0 amide bonds. The molecule has 11 nitrogen and oxygen atoms in total. The van der Waals surface area contributed by atoms with Crippen LogP contribution in [0.15, 0.2) is 30.3 Å². The van der Waals surface area contributed by atoms with E-state index < -0.39 is 17.2 Å². The van der Waals surface area contributed by atoms with Gasteiger partial charge < -0.3 is 34.1 Å². The normalized spacial score (nSPS) is 30.2. The molecule has 0 unspecified atom stereocenters. The second kappa shape index (κ2) is 14.2. The number of phenols is 1. The summed E-state index contributed by atoms with van der Waals surface area (Å²) in [5.41, 5.74) is -1.22. The highest BCUT2D eigenvalue weighted by atomic mass is 19.1. The number of likely N-dealkylation sites (tertiary alicyclic amines) is 1. The molecule has 4 aromatic rings. The fourth-order valence-corrected chi connectivity index (χ4v) is 10.6. The van der Waals surface area contributed by atoms with Crippen LogP contribution in [0.4, 0.5) is 14.6 Å². The maximum Gasteiger partial charge on any atom is 0.319 e. The number of fused-ring (bicyclic) bond motifs is 3. The van der Waals surface area contributed by atoms with E-state index in [0.717, 1.165) is 51.9 Å². The van der Waals surface area contributed by atoms with Gasteiger partial charge in [-0.2, -0.15) is 9.97 Å². The molecule has 0 radical (unpaired) electrons. The molecule has 2 N–H and O–H groups in total. The third-order valence-corrected chi connectivity index (χ3v) is 13.3. The molecule has 2 aromatic heterocycles. The number of aromatic nitrogens is 3. The van der Waals surface area contributed by atoms with Crippen molar-refractivity contribution >= 4 is 27.5 Å². The van der Waals surface area contributed by atoms with Gasteiger partial charge in [-0.15, -0.1) is 0 Å². The van der Waals surface area contributed by atoms with Crippen LogP contribution in [0.2, 0.25) is 0 Å². The lowest BCUT2D eigenvalue weighted by Gasteiger charge is -2.51. The van der Waals surface area contributed by atoms with Crippen LogP contribution in [-0.4, -0.2) is 108 Å². The fraction of sp³-hybridized carbons (Fsp3) is 0.595. The summed E-state index contributed by atoms with van der Waals surface area (Å²) in [6, 6.07) is 8.15. The van der Waals surface area contributed by atoms with E-state index in [1.54, 1.807) is 13.0 Å². The average molecular weight is 760 g/mol. The third-order valence-electron chi connectivity index (χ3n) is 13.3. The van der Waals surface area contributed by atoms with Crippen LogP contribution in [0.3, 0.4) is 0 Å². The highest BCUT2D eigenvalue weighted by molar-refractivity contribution is 6.02. The van der Waals surface area contributed by atoms with Gasteiger partial charge in [-0.3, -0.25) is 4.90 Å². The number of β-amino-alcohol motifs (C(OH)–C–C–N with tert-alkyl or cyclic N) is 1. The van der Waals surface area contributed by atoms with Crippen molar-refractivity contribution in [2.24, 2.45) is 10.8 Å². The minimum absolute atomic E-state index is 0.00958. The Bertz CT molecular complexity index is 2090. The van der Waals surface area contributed by atoms with Gasteiger partial charge in [0.2, 0.25) is 5.88 Å². The van der Waals surface area contributed by atoms with E-state index in [9.17, 15) is 10.2 Å². The number of pyridine rings is 1. The van der Waals surface area contributed by atoms with Crippen molar-refractivity contribution in [1.82, 2.24) is 19.9 Å². The summed E-state index contributed by atoms with van der Waals surface area (Å²) in [5, 5.41) is 22.5. The molecule has 3 atom stereocenters. The molecule has 3 saturated heterocycles. The third kappa shape index (κ3) is 6.64. The SMILES string of the molecule is COc1nc(-c2cc(O)cc3cccc(F)c23)c(F)c2nc(OC[C@]34CCC[C@H]3N(C3CCC5(CCOC5)CC3)CCC4)nc(N3CCOC[C@@](C)(O)C3)c12. The summed E-state index contributed by atoms with van der Waals surface area (Å²) in [6.45, 7) is 5.89. The molecule has 2 aromatic carbocycles. The highest BCUT2D eigenvalue weighted by Gasteiger charge is 2.51. The predicted molar refractivity (Wildman–Crippen MR) is 204 cm³/mol. The number of anilines is 1. The minimum Gasteiger partial charge on any atom is -0.508 e. The number of halogens is 2. The first-order valence-electron chi connectivity index (χ1n) is 20.0. The zero-order valence-electron chi connectivity index (χ0n) is 31.8. The van der Waals surface area contributed by atoms with Gasteiger partial charge in [-0.25, -0.2) is 13.8 Å². The van der Waals surface area contributed by atoms with E-state index >= 15 is 8.78 Å². The smallest absolute Gasteiger partial charge is 0.319 e. The first-order valence-corrected chi connectivity index (χ1v) is 20.0. The van der Waals surface area contributed by atoms with Crippen LogP contribution in [0.5, 0.6) is 17.6 Å². The molecule has 5 fully saturated rings. The standard InChI is InChI=1S/C42H51F2N5O6/c1-40(51)22-48(17-19-54-23-40)37-33-36(34(44)35(45-38(33)52-2)29-21-28(50)20-26-6-3-7-30(43)32(26)29)46-39(47-37)55-25-42-11-4-8-31(42)49(16-5-12-42)27-9-13-41(14-10-27)15-18-53-24-41/h3,6-7,20-21,27,31,50-51H,4-5,8-19,22-25H2,1-2H3/t27?,31-,40+,41?,42-/m1/s1. The molecule has 2 saturated carbocycles. The van der Waals surface area contributed by atoms with Crippen LogP contribution < -0.4 is 14.4 Å². The lowest BCUT2D eigenvalue weighted by Crippen LogP contribution is -2.56. The topological polar surface area (TPSA) is 123 Å². The summed E-state index contributed by atoms with van der Waals surface area (Å²) in [6.07, 6.45) is 11.4. The number of benzene rings is 2. The lowest BCUT2D eigenvalue weighted by atomic mass is 9.69. The highest BCUT2D eigenvalue weighted by Crippen LogP contribution is 2.52. The Hall–Kier alpha value is -3.91. The number of hydrogen-bond acceptors (Lipinski definition) is 11. The number of aromatic hydroxyl groups is 1. The van der Waals surface area contributed by atoms with Crippen LogP contribution >= 0.6 is 0 Å². The van der Waals surface area contributed by atoms with Crippen LogP contribution in [0, 0.1) is 22.5 Å². The van der Waals surface area contributed by atoms with Gasteiger partial charge in [0.15, 0.2) is 5.82 Å². The number of piperidine rings is 1. The molecule has 294 valence electrons. The van der Waals surface area contributed by atoms with Crippen LogP contribution in [0.1, 0.15) is 71.1 Å². The van der Waals surface area contributed by atoms with Crippen LogP contribution in [0.25, 0.3) is 32.9 Å². The summed E-state index contributed by atoms with van der Waals surface area (Å²) in [4.78, 5) is 18.8. The molecule has 3 aliphatic heterocycles. The molecule has 5 heterocycles. The molecule has 55 heavy (non-hydrogen) atoms. The maximum absolute atomic E-state index is 17.2. The predicted octanol–water partition coefficient (Wildman–Crippen LogP) is 6.79. The van der Waals surface area contributed by atoms with Gasteiger partial charge in [0.1, 0.15) is 39.6 Å². The Morgan fingerprint density at radius 2 is 1.75 bits per heavy atom. The molecule has 0 bridgehead atoms. The van der Waals surface area contributed by atoms with Crippen molar-refractivity contribution < 1.29 is 37.9 Å². The summed E-state index contributed by atoms with van der Waals surface area (Å²) in [7, 11) is 1.42. The van der Waals surface area contributed by atoms with E-state index in [0.29, 0.717) is 48.5 Å². The fourth-order valence-electron chi connectivity index (χ4n) is 10.6. The van der Waals surface area contributed by atoms with Crippen molar-refractivity contribution in [3.05, 3.63) is 42.0 Å². The van der Waals surface area contributed by atoms with E-state index in [2.05, 4.69) is 9.88 Å². The average Bonchev–Trinajstić information content (AvgIpc) is 3.78. The lowest BCUT2D eigenvalue weighted by molar-refractivity contribution is -0.0405. The zero-order valence-corrected chi connectivity index (χ0v) is 31.8.